The van der Waals surface area contributed by atoms with Crippen LogP contribution in [-0.2, 0) is 21.2 Å². The number of piperidine rings is 1. The summed E-state index contributed by atoms with van der Waals surface area (Å²) in [6, 6.07) is 14.6. The number of hydrogen-bond acceptors (Lipinski definition) is 7. The van der Waals surface area contributed by atoms with Crippen LogP contribution in [0.4, 0.5) is 9.59 Å². The van der Waals surface area contributed by atoms with Crippen molar-refractivity contribution in [2.75, 3.05) is 19.7 Å². The van der Waals surface area contributed by atoms with Crippen LogP contribution in [0.25, 0.3) is 0 Å². The molecule has 2 N–H and O–H groups in total. The number of ether oxygens (including phenoxy) is 2. The van der Waals surface area contributed by atoms with Gasteiger partial charge >= 0.3 is 12.1 Å². The Morgan fingerprint density at radius 2 is 1.63 bits per heavy atom. The number of amidine groups is 1. The molecule has 0 radical (unpaired) electrons. The third-order valence-electron chi connectivity index (χ3n) is 8.82. The zero-order valence-electron chi connectivity index (χ0n) is 27.0. The smallest absolute Gasteiger partial charge is 0.404 e. The minimum Gasteiger partial charge on any atom is -0.477 e. The molecule has 10 nitrogen and oxygen atoms in total. The Morgan fingerprint density at radius 1 is 1.02 bits per heavy atom. The number of halogens is 2. The normalized spacial score (nSPS) is 23.2. The van der Waals surface area contributed by atoms with Crippen LogP contribution in [0.5, 0.6) is 5.88 Å². The minimum absolute atomic E-state index is 0.178. The number of hydrogen-bond donors (Lipinski definition) is 1. The lowest BCUT2D eigenvalue weighted by atomic mass is 9.71. The van der Waals surface area contributed by atoms with Gasteiger partial charge in [0.2, 0.25) is 5.88 Å². The molecular weight excluding hydrogens is 627 g/mol. The van der Waals surface area contributed by atoms with E-state index < -0.39 is 23.3 Å². The van der Waals surface area contributed by atoms with Crippen LogP contribution in [-0.4, -0.2) is 63.5 Å². The number of primary amides is 1. The van der Waals surface area contributed by atoms with Gasteiger partial charge in [0.25, 0.3) is 0 Å². The van der Waals surface area contributed by atoms with Crippen molar-refractivity contribution in [2.45, 2.75) is 77.0 Å². The zero-order valence-corrected chi connectivity index (χ0v) is 28.5. The molecule has 46 heavy (non-hydrogen) atoms. The standard InChI is InChI=1S/C34H40Cl2N6O4/c1-7-45-28-26(19-38-29(39-28)32(2,3)4)27-40-33(5,21-10-14-23(35)15-11-21)34(6,22-12-16-24(36)17-13-22)42(27)31(44)41-18-8-9-25(20-41)46-30(37)43/h10-17,19,25H,7-9,18,20H2,1-6H3,(H2,37,43). The molecule has 0 bridgehead atoms. The predicted octanol–water partition coefficient (Wildman–Crippen LogP) is 7.05. The van der Waals surface area contributed by atoms with E-state index in [0.717, 1.165) is 11.1 Å². The molecule has 0 aliphatic carbocycles. The van der Waals surface area contributed by atoms with E-state index in [9.17, 15) is 4.79 Å². The van der Waals surface area contributed by atoms with E-state index in [0.29, 0.717) is 59.1 Å². The number of aromatic nitrogens is 2. The van der Waals surface area contributed by atoms with Crippen LogP contribution < -0.4 is 10.5 Å². The van der Waals surface area contributed by atoms with Gasteiger partial charge in [0.05, 0.1) is 18.7 Å². The first-order valence-corrected chi connectivity index (χ1v) is 16.1. The van der Waals surface area contributed by atoms with Gasteiger partial charge in [-0.25, -0.2) is 14.6 Å². The third kappa shape index (κ3) is 6.12. The van der Waals surface area contributed by atoms with E-state index >= 15 is 4.79 Å². The second kappa shape index (κ2) is 12.7. The van der Waals surface area contributed by atoms with Crippen LogP contribution in [0.1, 0.15) is 76.9 Å². The first kappa shape index (κ1) is 33.5. The van der Waals surface area contributed by atoms with E-state index in [1.165, 1.54) is 0 Å². The average molecular weight is 668 g/mol. The molecular formula is C34H40Cl2N6O4. The quantitative estimate of drug-likeness (QED) is 0.301. The van der Waals surface area contributed by atoms with Crippen LogP contribution in [0.2, 0.25) is 10.0 Å². The van der Waals surface area contributed by atoms with Crippen molar-refractivity contribution in [1.29, 1.82) is 0 Å². The predicted molar refractivity (Wildman–Crippen MR) is 179 cm³/mol. The molecule has 12 heteroatoms. The van der Waals surface area contributed by atoms with Gasteiger partial charge in [-0.05, 0) is 69.0 Å². The molecule has 3 unspecified atom stereocenters. The number of rotatable bonds is 6. The first-order valence-electron chi connectivity index (χ1n) is 15.4. The summed E-state index contributed by atoms with van der Waals surface area (Å²) in [7, 11) is 0. The zero-order chi connectivity index (χ0) is 33.4. The van der Waals surface area contributed by atoms with Crippen molar-refractivity contribution in [2.24, 2.45) is 10.7 Å². The van der Waals surface area contributed by atoms with Crippen LogP contribution in [0.3, 0.4) is 0 Å². The number of nitrogens with zero attached hydrogens (tertiary/aromatic N) is 5. The number of carbonyl (C=O) groups is 2. The van der Waals surface area contributed by atoms with Crippen LogP contribution in [0.15, 0.2) is 59.7 Å². The maximum Gasteiger partial charge on any atom is 0.404 e. The Morgan fingerprint density at radius 3 is 2.20 bits per heavy atom. The van der Waals surface area contributed by atoms with Gasteiger partial charge in [0, 0.05) is 28.2 Å². The summed E-state index contributed by atoms with van der Waals surface area (Å²) in [4.78, 5) is 45.0. The summed E-state index contributed by atoms with van der Waals surface area (Å²) in [5.74, 6) is 1.27. The molecule has 0 saturated carbocycles. The minimum atomic E-state index is -1.11. The summed E-state index contributed by atoms with van der Waals surface area (Å²) in [5.41, 5.74) is 4.96. The third-order valence-corrected chi connectivity index (χ3v) is 9.32. The van der Waals surface area contributed by atoms with Crippen molar-refractivity contribution in [3.05, 3.63) is 87.3 Å². The fourth-order valence-corrected chi connectivity index (χ4v) is 6.46. The molecule has 3 atom stereocenters. The van der Waals surface area contributed by atoms with Crippen molar-refractivity contribution < 1.29 is 19.1 Å². The molecule has 1 fully saturated rings. The maximum absolute atomic E-state index is 15.0. The second-order valence-corrected chi connectivity index (χ2v) is 13.8. The van der Waals surface area contributed by atoms with Gasteiger partial charge in [-0.2, -0.15) is 4.98 Å². The summed E-state index contributed by atoms with van der Waals surface area (Å²) < 4.78 is 11.5. The number of nitrogens with two attached hydrogens (primary N) is 1. The van der Waals surface area contributed by atoms with Gasteiger partial charge < -0.3 is 20.1 Å². The van der Waals surface area contributed by atoms with Gasteiger partial charge in [-0.3, -0.25) is 9.89 Å². The Kier molecular flexibility index (Phi) is 9.26. The fraction of sp³-hybridized carbons (Fsp3) is 0.441. The van der Waals surface area contributed by atoms with Crippen molar-refractivity contribution in [3.8, 4) is 5.88 Å². The molecule has 1 saturated heterocycles. The fourth-order valence-electron chi connectivity index (χ4n) is 6.21. The van der Waals surface area contributed by atoms with E-state index in [1.54, 1.807) is 28.1 Å². The maximum atomic E-state index is 15.0. The molecule has 3 amide bonds. The van der Waals surface area contributed by atoms with Crippen molar-refractivity contribution >= 4 is 41.2 Å². The van der Waals surface area contributed by atoms with Gasteiger partial charge in [0.15, 0.2) is 0 Å². The van der Waals surface area contributed by atoms with Crippen molar-refractivity contribution in [3.63, 3.8) is 0 Å². The van der Waals surface area contributed by atoms with Crippen LogP contribution in [0, 0.1) is 0 Å². The lowest BCUT2D eigenvalue weighted by Gasteiger charge is -2.47. The topological polar surface area (TPSA) is 123 Å². The first-order chi connectivity index (χ1) is 21.7. The Hall–Kier alpha value is -3.89. The molecule has 5 rings (SSSR count). The van der Waals surface area contributed by atoms with Gasteiger partial charge in [-0.15, -0.1) is 0 Å². The molecule has 244 valence electrons. The Bertz CT molecular complexity index is 1640. The highest BCUT2D eigenvalue weighted by atomic mass is 35.5. The summed E-state index contributed by atoms with van der Waals surface area (Å²) in [6.45, 7) is 12.9. The molecule has 1 aromatic heterocycles. The molecule has 0 spiro atoms. The van der Waals surface area contributed by atoms with E-state index in [2.05, 4.69) is 0 Å². The SMILES string of the molecule is CCOc1nc(C(C)(C)C)ncc1C1=NC(C)(c2ccc(Cl)cc2)C(C)(c2ccc(Cl)cc2)N1C(=O)N1CCCC(OC(N)=O)C1. The Balaban J connectivity index is 1.77. The molecule has 2 aliphatic rings. The number of urea groups is 1. The van der Waals surface area contributed by atoms with Crippen LogP contribution >= 0.6 is 23.2 Å². The average Bonchev–Trinajstić information content (AvgIpc) is 3.25. The highest BCUT2D eigenvalue weighted by Gasteiger charge is 2.60. The van der Waals surface area contributed by atoms with E-state index in [1.807, 2.05) is 77.9 Å². The molecule has 2 aliphatic heterocycles. The highest BCUT2D eigenvalue weighted by Crippen LogP contribution is 2.54. The highest BCUT2D eigenvalue weighted by molar-refractivity contribution is 6.30. The number of aliphatic imine (C=N–C) groups is 1. The number of amides is 3. The number of carbonyl (C=O) groups excluding carboxylic acids is 2. The lowest BCUT2D eigenvalue weighted by molar-refractivity contribution is 0.0442. The van der Waals surface area contributed by atoms with E-state index in [-0.39, 0.29) is 18.0 Å². The van der Waals surface area contributed by atoms with Gasteiger partial charge in [-0.1, -0.05) is 68.2 Å². The molecule has 3 heterocycles. The summed E-state index contributed by atoms with van der Waals surface area (Å²) in [5, 5.41) is 1.14. The number of likely N-dealkylation sites (tertiary alicyclic amines) is 1. The van der Waals surface area contributed by atoms with Gasteiger partial charge in [0.1, 0.15) is 28.8 Å². The summed E-state index contributed by atoms with van der Waals surface area (Å²) >= 11 is 12.7. The molecule has 2 aromatic carbocycles. The number of benzene rings is 2. The van der Waals surface area contributed by atoms with E-state index in [4.69, 9.17) is 53.4 Å². The van der Waals surface area contributed by atoms with Crippen molar-refractivity contribution in [1.82, 2.24) is 19.8 Å². The second-order valence-electron chi connectivity index (χ2n) is 13.0. The molecule has 3 aromatic rings. The monoisotopic (exact) mass is 666 g/mol. The largest absolute Gasteiger partial charge is 0.477 e. The lowest BCUT2D eigenvalue weighted by Crippen LogP contribution is -2.60. The Labute approximate surface area is 279 Å². The summed E-state index contributed by atoms with van der Waals surface area (Å²) in [6.07, 6.45) is 1.51.